The van der Waals surface area contributed by atoms with Crippen LogP contribution in [0.3, 0.4) is 0 Å². The molecule has 1 unspecified atom stereocenters. The Hall–Kier alpha value is -2.81. The molecule has 0 amide bonds. The minimum Gasteiger partial charge on any atom is -0.489 e. The van der Waals surface area contributed by atoms with Gasteiger partial charge in [0.25, 0.3) is 0 Å². The highest BCUT2D eigenvalue weighted by molar-refractivity contribution is 5.50. The van der Waals surface area contributed by atoms with Gasteiger partial charge in [0, 0.05) is 12.5 Å². The number of halogens is 1. The smallest absolute Gasteiger partial charge is 0.352 e. The molecule has 6 rings (SSSR count). The van der Waals surface area contributed by atoms with E-state index in [0.717, 1.165) is 25.1 Å². The highest BCUT2D eigenvalue weighted by Crippen LogP contribution is 2.48. The van der Waals surface area contributed by atoms with E-state index in [2.05, 4.69) is 11.9 Å². The largest absolute Gasteiger partial charge is 0.489 e. The van der Waals surface area contributed by atoms with Gasteiger partial charge in [0.05, 0.1) is 25.3 Å². The number of anilines is 1. The van der Waals surface area contributed by atoms with Crippen molar-refractivity contribution in [3.8, 4) is 17.4 Å². The molecule has 0 N–H and O–H groups in total. The summed E-state index contributed by atoms with van der Waals surface area (Å²) in [7, 11) is 0. The topological polar surface area (TPSA) is 75.1 Å². The number of aromatic nitrogens is 2. The number of fused-ring (bicyclic) bond motifs is 4. The molecule has 2 aromatic rings. The summed E-state index contributed by atoms with van der Waals surface area (Å²) in [4.78, 5) is 18.6. The van der Waals surface area contributed by atoms with Crippen LogP contribution in [0.15, 0.2) is 23.0 Å². The van der Waals surface area contributed by atoms with Gasteiger partial charge in [0.2, 0.25) is 5.88 Å². The van der Waals surface area contributed by atoms with Gasteiger partial charge in [-0.15, -0.1) is 0 Å². The first-order valence-electron chi connectivity index (χ1n) is 10.2. The van der Waals surface area contributed by atoms with E-state index >= 15 is 0 Å². The molecule has 30 heavy (non-hydrogen) atoms. The summed E-state index contributed by atoms with van der Waals surface area (Å²) in [5, 5.41) is 0. The van der Waals surface area contributed by atoms with E-state index in [1.807, 2.05) is 4.90 Å². The summed E-state index contributed by atoms with van der Waals surface area (Å²) in [5.41, 5.74) is -0.284. The maximum Gasteiger partial charge on any atom is 0.352 e. The molecule has 4 heterocycles. The van der Waals surface area contributed by atoms with Crippen molar-refractivity contribution < 1.29 is 23.3 Å². The Morgan fingerprint density at radius 3 is 2.97 bits per heavy atom. The van der Waals surface area contributed by atoms with Gasteiger partial charge < -0.3 is 23.8 Å². The number of hydrogen-bond acceptors (Lipinski definition) is 7. The first-order chi connectivity index (χ1) is 14.4. The SMILES string of the molecule is CC12COCN1c1cc(OCc3cc(F)c4c(c3)OCCC3(CC3)O4)nc(=O)n1C2. The van der Waals surface area contributed by atoms with Crippen LogP contribution in [0.2, 0.25) is 0 Å². The predicted octanol–water partition coefficient (Wildman–Crippen LogP) is 2.22. The zero-order chi connectivity index (χ0) is 20.5. The summed E-state index contributed by atoms with van der Waals surface area (Å²) in [6.07, 6.45) is 2.62. The maximum absolute atomic E-state index is 14.7. The fourth-order valence-corrected chi connectivity index (χ4v) is 4.50. The van der Waals surface area contributed by atoms with Crippen LogP contribution in [0.5, 0.6) is 17.4 Å². The third kappa shape index (κ3) is 2.75. The second-order valence-corrected chi connectivity index (χ2v) is 8.80. The van der Waals surface area contributed by atoms with Crippen LogP contribution < -0.4 is 24.8 Å². The Labute approximate surface area is 172 Å². The molecular weight excluding hydrogens is 393 g/mol. The van der Waals surface area contributed by atoms with E-state index in [0.29, 0.717) is 37.8 Å². The molecular formula is C21H22FN3O5. The molecule has 4 aliphatic rings. The standard InChI is InChI=1S/C21H22FN3O5/c1-20-10-24-17(25(20)12-27-11-20)8-16(23-19(24)26)29-9-13-6-14(22)18-15(7-13)28-5-4-21(30-18)2-3-21/h6-8H,2-5,9-12H2,1H3. The second-order valence-electron chi connectivity index (χ2n) is 8.80. The lowest BCUT2D eigenvalue weighted by Crippen LogP contribution is -2.40. The Bertz CT molecular complexity index is 1100. The van der Waals surface area contributed by atoms with Gasteiger partial charge >= 0.3 is 5.69 Å². The van der Waals surface area contributed by atoms with Gasteiger partial charge in [-0.05, 0) is 37.5 Å². The Balaban J connectivity index is 1.24. The van der Waals surface area contributed by atoms with Crippen molar-refractivity contribution in [2.75, 3.05) is 24.8 Å². The van der Waals surface area contributed by atoms with E-state index in [-0.39, 0.29) is 35.1 Å². The molecule has 158 valence electrons. The molecule has 0 radical (unpaired) electrons. The second kappa shape index (κ2) is 6.10. The molecule has 1 aromatic carbocycles. The normalized spacial score (nSPS) is 25.1. The molecule has 8 nitrogen and oxygen atoms in total. The molecule has 1 aromatic heterocycles. The van der Waals surface area contributed by atoms with Gasteiger partial charge in [0.15, 0.2) is 17.3 Å². The maximum atomic E-state index is 14.7. The summed E-state index contributed by atoms with van der Waals surface area (Å²) in [6.45, 7) is 4.12. The van der Waals surface area contributed by atoms with E-state index in [1.54, 1.807) is 16.7 Å². The summed E-state index contributed by atoms with van der Waals surface area (Å²) >= 11 is 0. The average Bonchev–Trinajstić information content (AvgIpc) is 3.33. The molecule has 9 heteroatoms. The quantitative estimate of drug-likeness (QED) is 0.761. The minimum absolute atomic E-state index is 0.0579. The Morgan fingerprint density at radius 1 is 1.27 bits per heavy atom. The fraction of sp³-hybridized carbons (Fsp3) is 0.524. The van der Waals surface area contributed by atoms with Crippen molar-refractivity contribution in [3.63, 3.8) is 0 Å². The molecule has 3 aliphatic heterocycles. The monoisotopic (exact) mass is 415 g/mol. The van der Waals surface area contributed by atoms with Crippen LogP contribution >= 0.6 is 0 Å². The van der Waals surface area contributed by atoms with E-state index in [1.165, 1.54) is 6.07 Å². The summed E-state index contributed by atoms with van der Waals surface area (Å²) in [5.74, 6) is 1.03. The molecule has 1 aliphatic carbocycles. The van der Waals surface area contributed by atoms with Crippen LogP contribution in [0.25, 0.3) is 0 Å². The number of nitrogens with zero attached hydrogens (tertiary/aromatic N) is 3. The first kappa shape index (κ1) is 18.0. The van der Waals surface area contributed by atoms with E-state index in [9.17, 15) is 9.18 Å². The van der Waals surface area contributed by atoms with E-state index in [4.69, 9.17) is 18.9 Å². The number of hydrogen-bond donors (Lipinski definition) is 0. The molecule has 1 spiro atoms. The summed E-state index contributed by atoms with van der Waals surface area (Å²) < 4.78 is 39.3. The van der Waals surface area contributed by atoms with Crippen molar-refractivity contribution in [2.24, 2.45) is 0 Å². The Kier molecular flexibility index (Phi) is 3.66. The van der Waals surface area contributed by atoms with Gasteiger partial charge in [-0.25, -0.2) is 9.18 Å². The molecule has 2 fully saturated rings. The first-order valence-corrected chi connectivity index (χ1v) is 10.2. The van der Waals surface area contributed by atoms with Gasteiger partial charge in [0.1, 0.15) is 24.8 Å². The summed E-state index contributed by atoms with van der Waals surface area (Å²) in [6, 6.07) is 4.85. The molecule has 0 bridgehead atoms. The molecule has 1 atom stereocenters. The predicted molar refractivity (Wildman–Crippen MR) is 104 cm³/mol. The van der Waals surface area contributed by atoms with Crippen molar-refractivity contribution in [1.29, 1.82) is 0 Å². The highest BCUT2D eigenvalue weighted by atomic mass is 19.1. The van der Waals surface area contributed by atoms with E-state index < -0.39 is 5.82 Å². The number of ether oxygens (including phenoxy) is 4. The van der Waals surface area contributed by atoms with Crippen molar-refractivity contribution in [3.05, 3.63) is 40.1 Å². The van der Waals surface area contributed by atoms with Crippen LogP contribution in [-0.2, 0) is 17.9 Å². The Morgan fingerprint density at radius 2 is 2.13 bits per heavy atom. The zero-order valence-corrected chi connectivity index (χ0v) is 16.6. The van der Waals surface area contributed by atoms with Crippen molar-refractivity contribution in [1.82, 2.24) is 9.55 Å². The third-order valence-electron chi connectivity index (χ3n) is 6.42. The lowest BCUT2D eigenvalue weighted by molar-refractivity contribution is 0.163. The van der Waals surface area contributed by atoms with Gasteiger partial charge in [-0.1, -0.05) is 0 Å². The minimum atomic E-state index is -0.466. The average molecular weight is 415 g/mol. The van der Waals surface area contributed by atoms with Crippen LogP contribution in [0, 0.1) is 5.82 Å². The van der Waals surface area contributed by atoms with Crippen LogP contribution in [-0.4, -0.2) is 40.6 Å². The number of rotatable bonds is 3. The van der Waals surface area contributed by atoms with Crippen molar-refractivity contribution in [2.45, 2.75) is 50.5 Å². The van der Waals surface area contributed by atoms with Gasteiger partial charge in [-0.2, -0.15) is 4.98 Å². The molecule has 1 saturated carbocycles. The highest BCUT2D eigenvalue weighted by Gasteiger charge is 2.48. The third-order valence-corrected chi connectivity index (χ3v) is 6.42. The molecule has 1 saturated heterocycles. The van der Waals surface area contributed by atoms with Crippen LogP contribution in [0.1, 0.15) is 31.7 Å². The lowest BCUT2D eigenvalue weighted by Gasteiger charge is -2.24. The number of benzene rings is 1. The van der Waals surface area contributed by atoms with Crippen molar-refractivity contribution >= 4 is 5.82 Å². The zero-order valence-electron chi connectivity index (χ0n) is 16.6. The fourth-order valence-electron chi connectivity index (χ4n) is 4.50. The van der Waals surface area contributed by atoms with Gasteiger partial charge in [-0.3, -0.25) is 4.57 Å². The van der Waals surface area contributed by atoms with Crippen LogP contribution in [0.4, 0.5) is 10.2 Å². The lowest BCUT2D eigenvalue weighted by atomic mass is 10.1.